The van der Waals surface area contributed by atoms with Crippen molar-refractivity contribution in [1.29, 1.82) is 0 Å². The van der Waals surface area contributed by atoms with E-state index >= 15 is 0 Å². The normalized spacial score (nSPS) is 52.9. The van der Waals surface area contributed by atoms with Crippen LogP contribution in [0.15, 0.2) is 0 Å². The van der Waals surface area contributed by atoms with E-state index in [1.165, 1.54) is 32.1 Å². The first-order valence-electron chi connectivity index (χ1n) is 7.63. The van der Waals surface area contributed by atoms with Crippen molar-refractivity contribution in [1.82, 2.24) is 0 Å². The summed E-state index contributed by atoms with van der Waals surface area (Å²) < 4.78 is 0. The molecule has 1 N–H and O–H groups in total. The number of aliphatic hydroxyl groups is 1. The van der Waals surface area contributed by atoms with Gasteiger partial charge in [-0.2, -0.15) is 0 Å². The van der Waals surface area contributed by atoms with Crippen LogP contribution in [0.25, 0.3) is 0 Å². The lowest BCUT2D eigenvalue weighted by molar-refractivity contribution is 0.0168. The van der Waals surface area contributed by atoms with Crippen molar-refractivity contribution < 1.29 is 5.11 Å². The Hall–Kier alpha value is -0.0400. The van der Waals surface area contributed by atoms with E-state index in [9.17, 15) is 5.11 Å². The van der Waals surface area contributed by atoms with Gasteiger partial charge in [0, 0.05) is 0 Å². The quantitative estimate of drug-likeness (QED) is 0.729. The summed E-state index contributed by atoms with van der Waals surface area (Å²) in [6.07, 6.45) is 9.09. The molecule has 0 aliphatic heterocycles. The Morgan fingerprint density at radius 1 is 1.00 bits per heavy atom. The van der Waals surface area contributed by atoms with Gasteiger partial charge in [0.05, 0.1) is 6.10 Å². The second kappa shape index (κ2) is 3.73. The molecule has 0 unspecified atom stereocenters. The van der Waals surface area contributed by atoms with E-state index in [1.54, 1.807) is 0 Å². The van der Waals surface area contributed by atoms with E-state index in [0.717, 1.165) is 30.6 Å². The van der Waals surface area contributed by atoms with Gasteiger partial charge in [-0.3, -0.25) is 0 Å². The minimum atomic E-state index is -0.000381. The third-order valence-corrected chi connectivity index (χ3v) is 7.12. The van der Waals surface area contributed by atoms with Crippen LogP contribution >= 0.6 is 0 Å². The fraction of sp³-hybridized carbons (Fsp3) is 1.00. The second-order valence-corrected chi connectivity index (χ2v) is 7.80. The molecule has 1 nitrogen and oxygen atoms in total. The first kappa shape index (κ1) is 12.0. The van der Waals surface area contributed by atoms with Gasteiger partial charge in [-0.25, -0.2) is 0 Å². The van der Waals surface area contributed by atoms with Gasteiger partial charge in [-0.1, -0.05) is 27.2 Å². The molecule has 0 radical (unpaired) electrons. The molecule has 0 spiro atoms. The van der Waals surface area contributed by atoms with Crippen LogP contribution in [0.3, 0.4) is 0 Å². The van der Waals surface area contributed by atoms with E-state index in [0.29, 0.717) is 10.8 Å². The summed E-state index contributed by atoms with van der Waals surface area (Å²) in [4.78, 5) is 0. The summed E-state index contributed by atoms with van der Waals surface area (Å²) in [6.45, 7) is 7.56. The average Bonchev–Trinajstić information content (AvgIpc) is 2.61. The van der Waals surface area contributed by atoms with Crippen molar-refractivity contribution in [2.45, 2.75) is 71.8 Å². The van der Waals surface area contributed by atoms with Gasteiger partial charge < -0.3 is 5.11 Å². The van der Waals surface area contributed by atoms with Crippen LogP contribution in [0.5, 0.6) is 0 Å². The van der Waals surface area contributed by atoms with Crippen LogP contribution < -0.4 is 0 Å². The molecule has 1 heteroatoms. The maximum Gasteiger partial charge on any atom is 0.0543 e. The van der Waals surface area contributed by atoms with Crippen molar-refractivity contribution in [3.05, 3.63) is 0 Å². The topological polar surface area (TPSA) is 20.2 Å². The van der Waals surface area contributed by atoms with Crippen molar-refractivity contribution >= 4 is 0 Å². The van der Waals surface area contributed by atoms with E-state index < -0.39 is 0 Å². The Morgan fingerprint density at radius 2 is 1.76 bits per heavy atom. The SMILES string of the molecule is CC1(C)[C@@H]2CC[C@@]1(C)[C@@H]([C@@H]1CCC[C@H](O)C1)C2. The summed E-state index contributed by atoms with van der Waals surface area (Å²) in [7, 11) is 0. The van der Waals surface area contributed by atoms with Crippen LogP contribution in [0.1, 0.15) is 65.7 Å². The molecule has 3 rings (SSSR count). The van der Waals surface area contributed by atoms with E-state index in [-0.39, 0.29) is 6.10 Å². The molecule has 5 atom stereocenters. The Bertz CT molecular complexity index is 309. The summed E-state index contributed by atoms with van der Waals surface area (Å²) in [5, 5.41) is 9.92. The smallest absolute Gasteiger partial charge is 0.0543 e. The molecule has 3 aliphatic rings. The molecule has 3 fully saturated rings. The molecule has 0 aromatic rings. The molecular formula is C16H28O. The molecule has 3 aliphatic carbocycles. The highest BCUT2D eigenvalue weighted by Gasteiger charge is 2.62. The molecule has 0 aromatic carbocycles. The number of aliphatic hydroxyl groups excluding tert-OH is 1. The van der Waals surface area contributed by atoms with Gasteiger partial charge in [-0.05, 0) is 67.1 Å². The molecule has 0 saturated heterocycles. The zero-order valence-electron chi connectivity index (χ0n) is 11.7. The number of hydrogen-bond donors (Lipinski definition) is 1. The van der Waals surface area contributed by atoms with Gasteiger partial charge in [0.1, 0.15) is 0 Å². The zero-order valence-corrected chi connectivity index (χ0v) is 11.7. The monoisotopic (exact) mass is 236 g/mol. The third kappa shape index (κ3) is 1.54. The van der Waals surface area contributed by atoms with E-state index in [2.05, 4.69) is 20.8 Å². The molecule has 17 heavy (non-hydrogen) atoms. The Kier molecular flexibility index (Phi) is 2.63. The minimum absolute atomic E-state index is 0.000381. The summed E-state index contributed by atoms with van der Waals surface area (Å²) in [6, 6.07) is 0. The molecule has 0 heterocycles. The van der Waals surface area contributed by atoms with Gasteiger partial charge in [0.15, 0.2) is 0 Å². The lowest BCUT2D eigenvalue weighted by atomic mass is 9.61. The zero-order chi connectivity index (χ0) is 12.3. The van der Waals surface area contributed by atoms with Crippen molar-refractivity contribution in [2.75, 3.05) is 0 Å². The third-order valence-electron chi connectivity index (χ3n) is 7.12. The van der Waals surface area contributed by atoms with Crippen LogP contribution in [0, 0.1) is 28.6 Å². The number of hydrogen-bond acceptors (Lipinski definition) is 1. The highest BCUT2D eigenvalue weighted by Crippen LogP contribution is 2.70. The van der Waals surface area contributed by atoms with Crippen LogP contribution in [0.4, 0.5) is 0 Å². The summed E-state index contributed by atoms with van der Waals surface area (Å²) >= 11 is 0. The van der Waals surface area contributed by atoms with Crippen LogP contribution in [0.2, 0.25) is 0 Å². The summed E-state index contributed by atoms with van der Waals surface area (Å²) in [5.74, 6) is 2.66. The molecule has 0 amide bonds. The van der Waals surface area contributed by atoms with Crippen LogP contribution in [-0.2, 0) is 0 Å². The largest absolute Gasteiger partial charge is 0.393 e. The minimum Gasteiger partial charge on any atom is -0.393 e. The predicted molar refractivity (Wildman–Crippen MR) is 70.7 cm³/mol. The van der Waals surface area contributed by atoms with Gasteiger partial charge in [-0.15, -0.1) is 0 Å². The Balaban J connectivity index is 1.82. The number of fused-ring (bicyclic) bond motifs is 2. The molecular weight excluding hydrogens is 208 g/mol. The summed E-state index contributed by atoms with van der Waals surface area (Å²) in [5.41, 5.74) is 1.10. The average molecular weight is 236 g/mol. The highest BCUT2D eigenvalue weighted by atomic mass is 16.3. The van der Waals surface area contributed by atoms with Crippen LogP contribution in [-0.4, -0.2) is 11.2 Å². The maximum absolute atomic E-state index is 9.92. The Morgan fingerprint density at radius 3 is 2.29 bits per heavy atom. The predicted octanol–water partition coefficient (Wildman–Crippen LogP) is 4.00. The number of rotatable bonds is 1. The molecule has 98 valence electrons. The highest BCUT2D eigenvalue weighted by molar-refractivity contribution is 5.11. The lowest BCUT2D eigenvalue weighted by Gasteiger charge is -2.44. The second-order valence-electron chi connectivity index (χ2n) is 7.80. The standard InChI is InChI=1S/C16H28O/c1-15(2)12-7-8-16(15,3)14(10-12)11-5-4-6-13(17)9-11/h11-14,17H,4-10H2,1-3H3/t11-,12-,13+,14-,16+/m1/s1. The molecule has 0 aromatic heterocycles. The van der Waals surface area contributed by atoms with Gasteiger partial charge in [0.25, 0.3) is 0 Å². The molecule has 3 saturated carbocycles. The van der Waals surface area contributed by atoms with Crippen molar-refractivity contribution in [3.63, 3.8) is 0 Å². The van der Waals surface area contributed by atoms with E-state index in [1.807, 2.05) is 0 Å². The van der Waals surface area contributed by atoms with Gasteiger partial charge in [0.2, 0.25) is 0 Å². The Labute approximate surface area is 106 Å². The lowest BCUT2D eigenvalue weighted by Crippen LogP contribution is -2.38. The van der Waals surface area contributed by atoms with E-state index in [4.69, 9.17) is 0 Å². The maximum atomic E-state index is 9.92. The molecule has 2 bridgehead atoms. The first-order valence-corrected chi connectivity index (χ1v) is 7.63. The first-order chi connectivity index (χ1) is 7.95. The fourth-order valence-corrected chi connectivity index (χ4v) is 5.54. The van der Waals surface area contributed by atoms with Crippen molar-refractivity contribution in [3.8, 4) is 0 Å². The van der Waals surface area contributed by atoms with Gasteiger partial charge >= 0.3 is 0 Å². The fourth-order valence-electron chi connectivity index (χ4n) is 5.54. The van der Waals surface area contributed by atoms with Crippen molar-refractivity contribution in [2.24, 2.45) is 28.6 Å².